The number of hydrogen-bond acceptors (Lipinski definition) is 3. The number of nitrogens with zero attached hydrogens (tertiary/aromatic N) is 2. The monoisotopic (exact) mass is 314 g/mol. The molecule has 0 bridgehead atoms. The fourth-order valence-electron chi connectivity index (χ4n) is 2.88. The summed E-state index contributed by atoms with van der Waals surface area (Å²) in [5.41, 5.74) is 3.27. The maximum atomic E-state index is 12.7. The van der Waals surface area contributed by atoms with E-state index in [0.29, 0.717) is 0 Å². The highest BCUT2D eigenvalue weighted by Gasteiger charge is 2.23. The maximum Gasteiger partial charge on any atom is 0.265 e. The summed E-state index contributed by atoms with van der Waals surface area (Å²) in [5.74, 6) is 0.160. The molecule has 0 atom stereocenters. The van der Waals surface area contributed by atoms with Crippen LogP contribution < -0.4 is 0 Å². The number of carbonyl (C=O) groups is 1. The summed E-state index contributed by atoms with van der Waals surface area (Å²) in [7, 11) is 0. The van der Waals surface area contributed by atoms with Crippen LogP contribution in [0, 0.1) is 6.92 Å². The van der Waals surface area contributed by atoms with Gasteiger partial charge in [0, 0.05) is 18.7 Å². The minimum atomic E-state index is 0.160. The second kappa shape index (κ2) is 6.61. The lowest BCUT2D eigenvalue weighted by Crippen LogP contribution is -2.35. The van der Waals surface area contributed by atoms with E-state index in [1.165, 1.54) is 23.3 Å². The van der Waals surface area contributed by atoms with E-state index in [0.717, 1.165) is 53.5 Å². The molecular weight excluding hydrogens is 292 g/mol. The minimum Gasteiger partial charge on any atom is -0.338 e. The number of carbonyl (C=O) groups excluding carboxylic acids is 1. The smallest absolute Gasteiger partial charge is 0.265 e. The summed E-state index contributed by atoms with van der Waals surface area (Å²) in [5, 5.41) is 0.952. The van der Waals surface area contributed by atoms with Crippen LogP contribution in [0.3, 0.4) is 0 Å². The maximum absolute atomic E-state index is 12.7. The average Bonchev–Trinajstić information content (AvgIpc) is 2.97. The standard InChI is InChI=1S/C18H22N2OS/c1-3-14-8-7-9-15(12-14)17-19-13(2)16(22-17)18(21)20-10-5-4-6-11-20/h7-9,12H,3-6,10-11H2,1-2H3. The van der Waals surface area contributed by atoms with Crippen LogP contribution in [0.1, 0.15) is 47.1 Å². The molecule has 0 aliphatic carbocycles. The molecule has 0 spiro atoms. The molecule has 22 heavy (non-hydrogen) atoms. The van der Waals surface area contributed by atoms with E-state index in [1.54, 1.807) is 0 Å². The van der Waals surface area contributed by atoms with Gasteiger partial charge < -0.3 is 4.90 Å². The number of aryl methyl sites for hydroxylation is 2. The molecule has 3 rings (SSSR count). The molecule has 1 amide bonds. The Morgan fingerprint density at radius 3 is 2.77 bits per heavy atom. The van der Waals surface area contributed by atoms with Crippen molar-refractivity contribution in [1.82, 2.24) is 9.88 Å². The first-order valence-corrected chi connectivity index (χ1v) is 8.86. The van der Waals surface area contributed by atoms with Gasteiger partial charge in [-0.2, -0.15) is 0 Å². The molecule has 1 aliphatic heterocycles. The first kappa shape index (κ1) is 15.2. The molecule has 2 heterocycles. The number of benzene rings is 1. The van der Waals surface area contributed by atoms with Gasteiger partial charge in [0.15, 0.2) is 0 Å². The van der Waals surface area contributed by atoms with E-state index >= 15 is 0 Å². The highest BCUT2D eigenvalue weighted by atomic mass is 32.1. The Morgan fingerprint density at radius 2 is 2.05 bits per heavy atom. The molecule has 0 radical (unpaired) electrons. The zero-order valence-electron chi connectivity index (χ0n) is 13.3. The fourth-order valence-corrected chi connectivity index (χ4v) is 3.91. The number of thiazole rings is 1. The summed E-state index contributed by atoms with van der Waals surface area (Å²) >= 11 is 1.53. The van der Waals surface area contributed by atoms with Crippen molar-refractivity contribution in [2.75, 3.05) is 13.1 Å². The molecule has 0 unspecified atom stereocenters. The quantitative estimate of drug-likeness (QED) is 0.846. The molecule has 1 aliphatic rings. The molecule has 0 saturated carbocycles. The third-order valence-electron chi connectivity index (χ3n) is 4.22. The minimum absolute atomic E-state index is 0.160. The van der Waals surface area contributed by atoms with E-state index in [-0.39, 0.29) is 5.91 Å². The van der Waals surface area contributed by atoms with Crippen LogP contribution in [0.25, 0.3) is 10.6 Å². The van der Waals surface area contributed by atoms with E-state index in [1.807, 2.05) is 11.8 Å². The van der Waals surface area contributed by atoms with E-state index < -0.39 is 0 Å². The molecule has 116 valence electrons. The Balaban J connectivity index is 1.88. The number of aromatic nitrogens is 1. The molecule has 1 saturated heterocycles. The van der Waals surface area contributed by atoms with Gasteiger partial charge in [0.25, 0.3) is 5.91 Å². The van der Waals surface area contributed by atoms with Crippen LogP contribution in [0.4, 0.5) is 0 Å². The Morgan fingerprint density at radius 1 is 1.27 bits per heavy atom. The molecular formula is C18H22N2OS. The number of piperidine rings is 1. The van der Waals surface area contributed by atoms with Crippen LogP contribution in [0.2, 0.25) is 0 Å². The lowest BCUT2D eigenvalue weighted by atomic mass is 10.1. The SMILES string of the molecule is CCc1cccc(-c2nc(C)c(C(=O)N3CCCCC3)s2)c1. The zero-order chi connectivity index (χ0) is 15.5. The predicted molar refractivity (Wildman–Crippen MR) is 91.4 cm³/mol. The highest BCUT2D eigenvalue weighted by Crippen LogP contribution is 2.30. The normalized spacial score (nSPS) is 15.1. The summed E-state index contributed by atoms with van der Waals surface area (Å²) in [6.07, 6.45) is 4.49. The fraction of sp³-hybridized carbons (Fsp3) is 0.444. The summed E-state index contributed by atoms with van der Waals surface area (Å²) in [4.78, 5) is 20.1. The summed E-state index contributed by atoms with van der Waals surface area (Å²) < 4.78 is 0. The molecule has 1 fully saturated rings. The number of rotatable bonds is 3. The first-order valence-electron chi connectivity index (χ1n) is 8.05. The van der Waals surface area contributed by atoms with Crippen LogP contribution in [-0.4, -0.2) is 28.9 Å². The van der Waals surface area contributed by atoms with Crippen molar-refractivity contribution in [2.45, 2.75) is 39.5 Å². The number of amides is 1. The van der Waals surface area contributed by atoms with Crippen molar-refractivity contribution in [3.8, 4) is 10.6 Å². The molecule has 1 aromatic heterocycles. The van der Waals surface area contributed by atoms with Crippen molar-refractivity contribution >= 4 is 17.2 Å². The second-order valence-corrected chi connectivity index (χ2v) is 6.84. The third kappa shape index (κ3) is 3.07. The van der Waals surface area contributed by atoms with Crippen molar-refractivity contribution in [1.29, 1.82) is 0 Å². The van der Waals surface area contributed by atoms with Crippen molar-refractivity contribution < 1.29 is 4.79 Å². The molecule has 1 aromatic carbocycles. The van der Waals surface area contributed by atoms with Crippen molar-refractivity contribution in [3.63, 3.8) is 0 Å². The van der Waals surface area contributed by atoms with Crippen molar-refractivity contribution in [3.05, 3.63) is 40.4 Å². The largest absolute Gasteiger partial charge is 0.338 e. The molecule has 2 aromatic rings. The van der Waals surface area contributed by atoms with Gasteiger partial charge in [-0.1, -0.05) is 25.1 Å². The molecule has 0 N–H and O–H groups in total. The summed E-state index contributed by atoms with van der Waals surface area (Å²) in [6.45, 7) is 5.87. The predicted octanol–water partition coefficient (Wildman–Crippen LogP) is 4.31. The Bertz CT molecular complexity index is 671. The van der Waals surface area contributed by atoms with Gasteiger partial charge in [-0.05, 0) is 44.2 Å². The van der Waals surface area contributed by atoms with Crippen molar-refractivity contribution in [2.24, 2.45) is 0 Å². The van der Waals surface area contributed by atoms with E-state index in [2.05, 4.69) is 36.2 Å². The van der Waals surface area contributed by atoms with Crippen LogP contribution in [0.15, 0.2) is 24.3 Å². The lowest BCUT2D eigenvalue weighted by Gasteiger charge is -2.26. The van der Waals surface area contributed by atoms with Crippen LogP contribution in [-0.2, 0) is 6.42 Å². The van der Waals surface area contributed by atoms with Crippen LogP contribution >= 0.6 is 11.3 Å². The van der Waals surface area contributed by atoms with Gasteiger partial charge in [0.1, 0.15) is 9.88 Å². The Hall–Kier alpha value is -1.68. The third-order valence-corrected chi connectivity index (χ3v) is 5.41. The highest BCUT2D eigenvalue weighted by molar-refractivity contribution is 7.17. The Kier molecular flexibility index (Phi) is 4.57. The average molecular weight is 314 g/mol. The summed E-state index contributed by atoms with van der Waals surface area (Å²) in [6, 6.07) is 8.45. The van der Waals surface area contributed by atoms with Gasteiger partial charge in [-0.25, -0.2) is 4.98 Å². The van der Waals surface area contributed by atoms with Gasteiger partial charge >= 0.3 is 0 Å². The van der Waals surface area contributed by atoms with E-state index in [4.69, 9.17) is 0 Å². The zero-order valence-corrected chi connectivity index (χ0v) is 14.1. The number of likely N-dealkylation sites (tertiary alicyclic amines) is 1. The van der Waals surface area contributed by atoms with Crippen LogP contribution in [0.5, 0.6) is 0 Å². The van der Waals surface area contributed by atoms with Gasteiger partial charge in [-0.3, -0.25) is 4.79 Å². The second-order valence-electron chi connectivity index (χ2n) is 5.84. The Labute approximate surface area is 136 Å². The molecule has 3 nitrogen and oxygen atoms in total. The lowest BCUT2D eigenvalue weighted by molar-refractivity contribution is 0.0728. The topological polar surface area (TPSA) is 33.2 Å². The molecule has 4 heteroatoms. The van der Waals surface area contributed by atoms with Gasteiger partial charge in [-0.15, -0.1) is 11.3 Å². The van der Waals surface area contributed by atoms with Gasteiger partial charge in [0.2, 0.25) is 0 Å². The van der Waals surface area contributed by atoms with Gasteiger partial charge in [0.05, 0.1) is 5.69 Å². The first-order chi connectivity index (χ1) is 10.7. The number of hydrogen-bond donors (Lipinski definition) is 0. The van der Waals surface area contributed by atoms with E-state index in [9.17, 15) is 4.79 Å².